The van der Waals surface area contributed by atoms with Crippen molar-refractivity contribution in [3.05, 3.63) is 42.4 Å². The van der Waals surface area contributed by atoms with Gasteiger partial charge in [0.05, 0.1) is 57.0 Å². The quantitative estimate of drug-likeness (QED) is 0.280. The Kier molecular flexibility index (Phi) is 9.87. The molecule has 0 spiro atoms. The average molecular weight is 650 g/mol. The van der Waals surface area contributed by atoms with Gasteiger partial charge in [-0.3, -0.25) is 9.69 Å². The van der Waals surface area contributed by atoms with Gasteiger partial charge in [-0.15, -0.1) is 0 Å². The van der Waals surface area contributed by atoms with Crippen LogP contribution < -0.4 is 19.7 Å². The Hall–Kier alpha value is -4.69. The molecule has 47 heavy (non-hydrogen) atoms. The minimum absolute atomic E-state index is 0.138. The summed E-state index contributed by atoms with van der Waals surface area (Å²) in [6.45, 7) is 4.24. The Labute approximate surface area is 270 Å². The van der Waals surface area contributed by atoms with Crippen LogP contribution in [0.5, 0.6) is 11.5 Å². The van der Waals surface area contributed by atoms with Gasteiger partial charge in [0.25, 0.3) is 5.91 Å². The molecule has 6 rings (SSSR count). The summed E-state index contributed by atoms with van der Waals surface area (Å²) in [4.78, 5) is 35.6. The van der Waals surface area contributed by atoms with E-state index in [1.165, 1.54) is 6.33 Å². The molecule has 3 fully saturated rings. The maximum atomic E-state index is 14.9. The molecular weight excluding hydrogens is 613 g/mol. The third-order valence-electron chi connectivity index (χ3n) is 8.52. The molecule has 15 nitrogen and oxygen atoms in total. The van der Waals surface area contributed by atoms with Crippen LogP contribution in [0.4, 0.5) is 21.8 Å². The van der Waals surface area contributed by atoms with Gasteiger partial charge < -0.3 is 39.5 Å². The van der Waals surface area contributed by atoms with Crippen molar-refractivity contribution in [2.45, 2.75) is 30.8 Å². The molecule has 3 N–H and O–H groups in total. The molecule has 5 heterocycles. The van der Waals surface area contributed by atoms with Crippen molar-refractivity contribution < 1.29 is 33.6 Å². The molecule has 0 saturated carbocycles. The van der Waals surface area contributed by atoms with Crippen molar-refractivity contribution in [1.82, 2.24) is 29.7 Å². The second-order valence-electron chi connectivity index (χ2n) is 11.5. The van der Waals surface area contributed by atoms with Crippen LogP contribution in [0.25, 0.3) is 11.4 Å². The number of piperazine rings is 1. The minimum atomic E-state index is -1.59. The second-order valence-corrected chi connectivity index (χ2v) is 11.5. The summed E-state index contributed by atoms with van der Waals surface area (Å²) in [5.74, 6) is 1.39. The molecule has 3 aliphatic heterocycles. The zero-order chi connectivity index (χ0) is 32.9. The second kappa shape index (κ2) is 14.4. The first-order valence-corrected chi connectivity index (χ1v) is 15.4. The van der Waals surface area contributed by atoms with Gasteiger partial charge in [-0.2, -0.15) is 10.2 Å². The zero-order valence-electron chi connectivity index (χ0n) is 25.8. The van der Waals surface area contributed by atoms with Crippen molar-refractivity contribution in [2.24, 2.45) is 0 Å². The first kappa shape index (κ1) is 32.3. The van der Waals surface area contributed by atoms with E-state index >= 15 is 0 Å². The smallest absolute Gasteiger partial charge is 0.253 e. The molecule has 1 amide bonds. The molecule has 3 saturated heterocycles. The Balaban J connectivity index is 1.10. The van der Waals surface area contributed by atoms with E-state index < -0.39 is 30.9 Å². The summed E-state index contributed by atoms with van der Waals surface area (Å²) >= 11 is 0. The monoisotopic (exact) mass is 649 g/mol. The number of alkyl halides is 1. The number of halogens is 1. The number of nitrogens with zero attached hydrogens (tertiary/aromatic N) is 8. The third kappa shape index (κ3) is 7.18. The lowest BCUT2D eigenvalue weighted by Gasteiger charge is -2.43. The van der Waals surface area contributed by atoms with Gasteiger partial charge in [-0.1, -0.05) is 0 Å². The number of aliphatic hydroxyl groups excluding tert-OH is 2. The number of aliphatic hydroxyl groups is 2. The van der Waals surface area contributed by atoms with Crippen LogP contribution in [0.3, 0.4) is 0 Å². The topological polar surface area (TPSA) is 182 Å². The lowest BCUT2D eigenvalue weighted by molar-refractivity contribution is -0.146. The summed E-state index contributed by atoms with van der Waals surface area (Å²) in [6.07, 6.45) is -0.854. The lowest BCUT2D eigenvalue weighted by atomic mass is 10.0. The van der Waals surface area contributed by atoms with Gasteiger partial charge in [0.2, 0.25) is 5.95 Å². The van der Waals surface area contributed by atoms with E-state index in [0.717, 1.165) is 50.1 Å². The molecule has 3 aromatic rings. The fraction of sp³-hybridized carbons (Fsp3) is 0.484. The standard InChI is InChI=1S/C31H36FN9O6/c1-45-27-11-21(13-34-29(27)40-8-6-39(7-9-40)22-16-46-17-22)37-31-36-18-35-28(38-31)19-2-3-25(20(10-19)12-33)47-26-4-5-41(14-23(26)32)30(44)24(43)15-42/h2-3,10-11,13,18,22-24,26,42-43H,4-9,14-17H2,1H3,(H,35,36,37,38)/t23-,24?,26+/m1/s1. The number of hydrogen-bond acceptors (Lipinski definition) is 14. The molecule has 3 atom stereocenters. The maximum Gasteiger partial charge on any atom is 0.253 e. The molecule has 0 aliphatic carbocycles. The number of likely N-dealkylation sites (tertiary alicyclic amines) is 1. The molecule has 16 heteroatoms. The number of amides is 1. The average Bonchev–Trinajstić information content (AvgIpc) is 3.08. The van der Waals surface area contributed by atoms with Crippen molar-refractivity contribution in [1.29, 1.82) is 5.26 Å². The number of hydrogen-bond donors (Lipinski definition) is 3. The highest BCUT2D eigenvalue weighted by atomic mass is 19.1. The molecule has 1 unspecified atom stereocenters. The number of nitrogens with one attached hydrogen (secondary N) is 1. The first-order chi connectivity index (χ1) is 22.9. The van der Waals surface area contributed by atoms with Crippen LogP contribution in [-0.4, -0.2) is 136 Å². The van der Waals surface area contributed by atoms with E-state index in [2.05, 4.69) is 41.1 Å². The zero-order valence-corrected chi connectivity index (χ0v) is 25.8. The summed E-state index contributed by atoms with van der Waals surface area (Å²) < 4.78 is 31.8. The van der Waals surface area contributed by atoms with E-state index in [0.29, 0.717) is 28.9 Å². The fourth-order valence-corrected chi connectivity index (χ4v) is 5.78. The largest absolute Gasteiger partial charge is 0.493 e. The fourth-order valence-electron chi connectivity index (χ4n) is 5.78. The SMILES string of the molecule is COc1cc(Nc2ncnc(-c3ccc(O[C@H]4CCN(C(=O)C(O)CO)C[C@H]4F)c(C#N)c3)n2)cnc1N1CCN(C2COC2)CC1. The number of anilines is 3. The van der Waals surface area contributed by atoms with E-state index in [-0.39, 0.29) is 36.8 Å². The number of carbonyl (C=O) groups excluding carboxylic acids is 1. The van der Waals surface area contributed by atoms with Gasteiger partial charge in [0, 0.05) is 50.8 Å². The first-order valence-electron chi connectivity index (χ1n) is 15.4. The molecule has 1 aromatic carbocycles. The molecule has 0 bridgehead atoms. The number of methoxy groups -OCH3 is 1. The Morgan fingerprint density at radius 2 is 1.98 bits per heavy atom. The van der Waals surface area contributed by atoms with Crippen LogP contribution in [0.1, 0.15) is 12.0 Å². The number of benzene rings is 1. The number of pyridine rings is 1. The molecule has 2 aromatic heterocycles. The van der Waals surface area contributed by atoms with E-state index in [1.54, 1.807) is 31.5 Å². The van der Waals surface area contributed by atoms with E-state index in [1.807, 2.05) is 6.07 Å². The lowest BCUT2D eigenvalue weighted by Crippen LogP contribution is -2.56. The van der Waals surface area contributed by atoms with Crippen molar-refractivity contribution in [2.75, 3.05) is 76.4 Å². The Morgan fingerprint density at radius 3 is 2.66 bits per heavy atom. The van der Waals surface area contributed by atoms with Crippen LogP contribution >= 0.6 is 0 Å². The van der Waals surface area contributed by atoms with Crippen LogP contribution in [-0.2, 0) is 9.53 Å². The maximum absolute atomic E-state index is 14.9. The number of nitriles is 1. The van der Waals surface area contributed by atoms with Gasteiger partial charge >= 0.3 is 0 Å². The number of ether oxygens (including phenoxy) is 3. The summed E-state index contributed by atoms with van der Waals surface area (Å²) in [6, 6.07) is 9.19. The van der Waals surface area contributed by atoms with Gasteiger partial charge in [0.1, 0.15) is 24.3 Å². The number of piperidine rings is 1. The third-order valence-corrected chi connectivity index (χ3v) is 8.52. The minimum Gasteiger partial charge on any atom is -0.493 e. The van der Waals surface area contributed by atoms with Crippen LogP contribution in [0, 0.1) is 11.3 Å². The number of aromatic nitrogens is 4. The molecule has 248 valence electrons. The predicted octanol–water partition coefficient (Wildman–Crippen LogP) is 0.749. The van der Waals surface area contributed by atoms with Crippen LogP contribution in [0.15, 0.2) is 36.8 Å². The normalized spacial score (nSPS) is 21.0. The summed E-state index contributed by atoms with van der Waals surface area (Å²) in [5, 5.41) is 31.6. The van der Waals surface area contributed by atoms with E-state index in [9.17, 15) is 19.6 Å². The van der Waals surface area contributed by atoms with E-state index in [4.69, 9.17) is 19.3 Å². The van der Waals surface area contributed by atoms with Crippen molar-refractivity contribution in [3.8, 4) is 29.0 Å². The van der Waals surface area contributed by atoms with Crippen LogP contribution in [0.2, 0.25) is 0 Å². The highest BCUT2D eigenvalue weighted by Gasteiger charge is 2.35. The molecular formula is C31H36FN9O6. The highest BCUT2D eigenvalue weighted by Crippen LogP contribution is 2.32. The number of rotatable bonds is 10. The Bertz CT molecular complexity index is 1610. The van der Waals surface area contributed by atoms with Gasteiger partial charge in [-0.05, 0) is 18.2 Å². The predicted molar refractivity (Wildman–Crippen MR) is 166 cm³/mol. The summed E-state index contributed by atoms with van der Waals surface area (Å²) in [7, 11) is 1.61. The molecule has 0 radical (unpaired) electrons. The van der Waals surface area contributed by atoms with Gasteiger partial charge in [-0.25, -0.2) is 19.3 Å². The van der Waals surface area contributed by atoms with Gasteiger partial charge in [0.15, 0.2) is 29.7 Å². The van der Waals surface area contributed by atoms with Crippen molar-refractivity contribution in [3.63, 3.8) is 0 Å². The highest BCUT2D eigenvalue weighted by molar-refractivity contribution is 5.81. The molecule has 3 aliphatic rings. The number of carbonyl (C=O) groups is 1. The Morgan fingerprint density at radius 1 is 1.17 bits per heavy atom. The summed E-state index contributed by atoms with van der Waals surface area (Å²) in [5.41, 5.74) is 1.30. The van der Waals surface area contributed by atoms with Crippen molar-refractivity contribution >= 4 is 23.4 Å².